The predicted molar refractivity (Wildman–Crippen MR) is 130 cm³/mol. The Morgan fingerprint density at radius 1 is 1.09 bits per heavy atom. The number of morpholine rings is 1. The molecule has 1 saturated heterocycles. The zero-order valence-electron chi connectivity index (χ0n) is 19.4. The Hall–Kier alpha value is -3.46. The lowest BCUT2D eigenvalue weighted by molar-refractivity contribution is 0.0958. The number of ether oxygens (including phenoxy) is 2. The fourth-order valence-electron chi connectivity index (χ4n) is 4.64. The molecule has 1 saturated carbocycles. The van der Waals surface area contributed by atoms with E-state index in [9.17, 15) is 4.79 Å². The van der Waals surface area contributed by atoms with Gasteiger partial charge in [-0.2, -0.15) is 0 Å². The van der Waals surface area contributed by atoms with Crippen LogP contribution in [-0.2, 0) is 4.74 Å². The second-order valence-corrected chi connectivity index (χ2v) is 8.72. The van der Waals surface area contributed by atoms with Crippen LogP contribution in [-0.4, -0.2) is 66.4 Å². The van der Waals surface area contributed by atoms with Crippen LogP contribution < -0.4 is 20.3 Å². The highest BCUT2D eigenvalue weighted by molar-refractivity contribution is 5.92. The fraction of sp³-hybridized carbons (Fsp3) is 0.440. The number of nitrogens with zero attached hydrogens (tertiary/aromatic N) is 4. The van der Waals surface area contributed by atoms with Gasteiger partial charge in [-0.15, -0.1) is 0 Å². The summed E-state index contributed by atoms with van der Waals surface area (Å²) in [6, 6.07) is 10.4. The molecule has 1 aliphatic carbocycles. The van der Waals surface area contributed by atoms with Gasteiger partial charge in [0.25, 0.3) is 5.91 Å². The third-order valence-corrected chi connectivity index (χ3v) is 6.48. The number of nitrogens with one attached hydrogen (secondary N) is 2. The van der Waals surface area contributed by atoms with Crippen molar-refractivity contribution >= 4 is 28.3 Å². The smallest absolute Gasteiger partial charge is 0.269 e. The number of rotatable bonds is 6. The normalized spacial score (nSPS) is 20.7. The summed E-state index contributed by atoms with van der Waals surface area (Å²) in [6.07, 6.45) is 7.15. The lowest BCUT2D eigenvalue weighted by atomic mass is 9.93. The number of carbonyl (C=O) groups is 1. The highest BCUT2D eigenvalue weighted by atomic mass is 16.5. The Morgan fingerprint density at radius 3 is 2.71 bits per heavy atom. The van der Waals surface area contributed by atoms with Gasteiger partial charge in [-0.1, -0.05) is 6.07 Å². The van der Waals surface area contributed by atoms with Crippen molar-refractivity contribution < 1.29 is 14.3 Å². The molecule has 0 radical (unpaired) electrons. The topological polar surface area (TPSA) is 102 Å². The molecule has 178 valence electrons. The molecule has 9 nitrogen and oxygen atoms in total. The maximum Gasteiger partial charge on any atom is 0.269 e. The van der Waals surface area contributed by atoms with Gasteiger partial charge in [0, 0.05) is 55.6 Å². The molecule has 2 aliphatic rings. The van der Waals surface area contributed by atoms with Crippen LogP contribution in [0.5, 0.6) is 5.75 Å². The van der Waals surface area contributed by atoms with E-state index < -0.39 is 0 Å². The number of aromatic nitrogens is 3. The summed E-state index contributed by atoms with van der Waals surface area (Å²) < 4.78 is 12.1. The van der Waals surface area contributed by atoms with Crippen LogP contribution >= 0.6 is 0 Å². The Kier molecular flexibility index (Phi) is 6.71. The summed E-state index contributed by atoms with van der Waals surface area (Å²) in [5, 5.41) is 7.13. The molecule has 0 atom stereocenters. The summed E-state index contributed by atoms with van der Waals surface area (Å²) >= 11 is 0. The molecule has 9 heteroatoms. The van der Waals surface area contributed by atoms with Crippen LogP contribution in [0.4, 0.5) is 11.5 Å². The quantitative estimate of drug-likeness (QED) is 0.577. The first-order valence-corrected chi connectivity index (χ1v) is 11.9. The highest BCUT2D eigenvalue weighted by Gasteiger charge is 2.24. The molecule has 5 rings (SSSR count). The molecule has 1 amide bonds. The van der Waals surface area contributed by atoms with E-state index in [-0.39, 0.29) is 18.1 Å². The number of hydrogen-bond donors (Lipinski definition) is 2. The van der Waals surface area contributed by atoms with Gasteiger partial charge < -0.3 is 25.0 Å². The maximum atomic E-state index is 11.8. The minimum absolute atomic E-state index is 0.134. The Bertz CT molecular complexity index is 1140. The van der Waals surface area contributed by atoms with Gasteiger partial charge in [-0.25, -0.2) is 9.97 Å². The molecule has 3 heterocycles. The predicted octanol–water partition coefficient (Wildman–Crippen LogP) is 3.02. The van der Waals surface area contributed by atoms with Crippen LogP contribution in [0.2, 0.25) is 0 Å². The van der Waals surface area contributed by atoms with E-state index in [0.29, 0.717) is 11.5 Å². The zero-order valence-corrected chi connectivity index (χ0v) is 19.4. The van der Waals surface area contributed by atoms with Gasteiger partial charge in [0.2, 0.25) is 0 Å². The first kappa shape index (κ1) is 22.3. The number of amides is 1. The lowest BCUT2D eigenvalue weighted by Gasteiger charge is -2.31. The highest BCUT2D eigenvalue weighted by Crippen LogP contribution is 2.34. The van der Waals surface area contributed by atoms with Crippen molar-refractivity contribution in [2.75, 3.05) is 43.6 Å². The Labute approximate surface area is 198 Å². The van der Waals surface area contributed by atoms with Crippen LogP contribution in [0.1, 0.15) is 36.2 Å². The lowest BCUT2D eigenvalue weighted by Crippen LogP contribution is -2.36. The number of anilines is 2. The molecule has 2 fully saturated rings. The summed E-state index contributed by atoms with van der Waals surface area (Å²) in [4.78, 5) is 27.1. The maximum absolute atomic E-state index is 11.8. The molecule has 3 aromatic rings. The summed E-state index contributed by atoms with van der Waals surface area (Å²) in [5.41, 5.74) is 2.42. The number of benzene rings is 1. The molecule has 1 aromatic carbocycles. The van der Waals surface area contributed by atoms with Gasteiger partial charge in [-0.05, 0) is 37.8 Å². The van der Waals surface area contributed by atoms with Crippen LogP contribution in [0, 0.1) is 0 Å². The minimum atomic E-state index is -0.220. The van der Waals surface area contributed by atoms with E-state index in [4.69, 9.17) is 9.47 Å². The molecule has 34 heavy (non-hydrogen) atoms. The molecular weight excluding hydrogens is 432 g/mol. The van der Waals surface area contributed by atoms with Gasteiger partial charge in [0.1, 0.15) is 29.1 Å². The van der Waals surface area contributed by atoms with Gasteiger partial charge in [-0.3, -0.25) is 9.78 Å². The fourth-order valence-corrected chi connectivity index (χ4v) is 4.64. The first-order valence-electron chi connectivity index (χ1n) is 11.9. The van der Waals surface area contributed by atoms with Gasteiger partial charge in [0.05, 0.1) is 19.3 Å². The van der Waals surface area contributed by atoms with Crippen molar-refractivity contribution in [3.8, 4) is 5.75 Å². The standard InChI is InChI=1S/C25H30N6O3/c1-26-25(32)21-15-23(29-16-28-21)30-18-4-6-20(7-5-18)34-22-14-19(31-9-11-33-12-10-31)13-17-3-2-8-27-24(17)22/h2-3,8,13-16,18,20H,4-7,9-12H2,1H3,(H,26,32)(H,28,29,30). The average molecular weight is 463 g/mol. The van der Waals surface area contributed by atoms with E-state index >= 15 is 0 Å². The number of carbonyl (C=O) groups excluding carboxylic acids is 1. The molecule has 0 spiro atoms. The molecule has 0 bridgehead atoms. The van der Waals surface area contributed by atoms with Crippen molar-refractivity contribution in [1.82, 2.24) is 20.3 Å². The second kappa shape index (κ2) is 10.2. The van der Waals surface area contributed by atoms with Crippen molar-refractivity contribution in [3.05, 3.63) is 48.5 Å². The van der Waals surface area contributed by atoms with E-state index in [1.54, 1.807) is 13.1 Å². The van der Waals surface area contributed by atoms with Crippen LogP contribution in [0.3, 0.4) is 0 Å². The third kappa shape index (κ3) is 5.04. The summed E-state index contributed by atoms with van der Waals surface area (Å²) in [5.74, 6) is 1.30. The van der Waals surface area contributed by atoms with E-state index in [1.165, 1.54) is 6.33 Å². The monoisotopic (exact) mass is 462 g/mol. The van der Waals surface area contributed by atoms with Crippen LogP contribution in [0.25, 0.3) is 10.9 Å². The third-order valence-electron chi connectivity index (χ3n) is 6.48. The SMILES string of the molecule is CNC(=O)c1cc(NC2CCC(Oc3cc(N4CCOCC4)cc4cccnc34)CC2)ncn1. The number of pyridine rings is 1. The van der Waals surface area contributed by atoms with Crippen molar-refractivity contribution in [3.63, 3.8) is 0 Å². The Morgan fingerprint density at radius 2 is 1.91 bits per heavy atom. The molecular formula is C25H30N6O3. The molecule has 2 aromatic heterocycles. The molecule has 2 N–H and O–H groups in total. The number of hydrogen-bond acceptors (Lipinski definition) is 8. The van der Waals surface area contributed by atoms with E-state index in [2.05, 4.69) is 48.7 Å². The summed E-state index contributed by atoms with van der Waals surface area (Å²) in [7, 11) is 1.59. The van der Waals surface area contributed by atoms with Crippen LogP contribution in [0.15, 0.2) is 42.9 Å². The average Bonchev–Trinajstić information content (AvgIpc) is 2.90. The minimum Gasteiger partial charge on any atom is -0.488 e. The van der Waals surface area contributed by atoms with Crippen molar-refractivity contribution in [2.45, 2.75) is 37.8 Å². The van der Waals surface area contributed by atoms with E-state index in [1.807, 2.05) is 12.3 Å². The summed E-state index contributed by atoms with van der Waals surface area (Å²) in [6.45, 7) is 3.25. The number of fused-ring (bicyclic) bond motifs is 1. The first-order chi connectivity index (χ1) is 16.7. The Balaban J connectivity index is 1.25. The van der Waals surface area contributed by atoms with Crippen molar-refractivity contribution in [2.24, 2.45) is 0 Å². The zero-order chi connectivity index (χ0) is 23.3. The van der Waals surface area contributed by atoms with Crippen molar-refractivity contribution in [1.29, 1.82) is 0 Å². The van der Waals surface area contributed by atoms with Gasteiger partial charge >= 0.3 is 0 Å². The molecule has 0 unspecified atom stereocenters. The second-order valence-electron chi connectivity index (χ2n) is 8.72. The van der Waals surface area contributed by atoms with E-state index in [0.717, 1.165) is 74.3 Å². The molecule has 1 aliphatic heterocycles. The largest absolute Gasteiger partial charge is 0.488 e. The van der Waals surface area contributed by atoms with Gasteiger partial charge in [0.15, 0.2) is 0 Å².